The summed E-state index contributed by atoms with van der Waals surface area (Å²) < 4.78 is 4.91. The number of carbonyl (C=O) groups excluding carboxylic acids is 1. The summed E-state index contributed by atoms with van der Waals surface area (Å²) in [6, 6.07) is 16.4. The van der Waals surface area contributed by atoms with E-state index in [0.717, 1.165) is 11.3 Å². The molecule has 0 unspecified atom stereocenters. The van der Waals surface area contributed by atoms with Gasteiger partial charge in [0.05, 0.1) is 34.6 Å². The molecule has 0 saturated heterocycles. The number of carbonyl (C=O) groups is 1. The molecule has 0 spiro atoms. The summed E-state index contributed by atoms with van der Waals surface area (Å²) in [4.78, 5) is 31.0. The van der Waals surface area contributed by atoms with Gasteiger partial charge >= 0.3 is 5.97 Å². The molecule has 2 aromatic heterocycles. The SMILES string of the molecule is COC(=O)c1cc(-c2ccccc2)[nH]c2c1[nH]c1cccc(=O)c12. The molecule has 0 atom stereocenters. The van der Waals surface area contributed by atoms with Gasteiger partial charge in [-0.15, -0.1) is 0 Å². The number of H-pyrrole nitrogens is 2. The third kappa shape index (κ3) is 2.10. The lowest BCUT2D eigenvalue weighted by atomic mass is 10.1. The molecule has 0 aliphatic rings. The van der Waals surface area contributed by atoms with Crippen LogP contribution in [0.15, 0.2) is 59.4 Å². The lowest BCUT2D eigenvalue weighted by molar-refractivity contribution is 0.0603. The van der Waals surface area contributed by atoms with E-state index in [0.29, 0.717) is 27.5 Å². The number of rotatable bonds is 2. The van der Waals surface area contributed by atoms with Gasteiger partial charge in [-0.25, -0.2) is 4.79 Å². The molecule has 0 radical (unpaired) electrons. The molecule has 0 amide bonds. The number of pyridine rings is 1. The number of esters is 1. The highest BCUT2D eigenvalue weighted by Crippen LogP contribution is 2.28. The average molecular weight is 318 g/mol. The monoisotopic (exact) mass is 318 g/mol. The largest absolute Gasteiger partial charge is 0.465 e. The van der Waals surface area contributed by atoms with Gasteiger partial charge in [0.25, 0.3) is 0 Å². The Kier molecular flexibility index (Phi) is 3.20. The molecule has 2 N–H and O–H groups in total. The molecule has 0 bridgehead atoms. The Labute approximate surface area is 136 Å². The van der Waals surface area contributed by atoms with Crippen LogP contribution in [0.25, 0.3) is 33.2 Å². The van der Waals surface area contributed by atoms with E-state index in [1.54, 1.807) is 12.1 Å². The van der Waals surface area contributed by atoms with E-state index < -0.39 is 5.97 Å². The first kappa shape index (κ1) is 14.3. The van der Waals surface area contributed by atoms with Crippen LogP contribution in [0, 0.1) is 0 Å². The van der Waals surface area contributed by atoms with Crippen LogP contribution in [0.1, 0.15) is 10.4 Å². The summed E-state index contributed by atoms with van der Waals surface area (Å²) in [6.07, 6.45) is 0. The van der Waals surface area contributed by atoms with Crippen molar-refractivity contribution in [1.29, 1.82) is 0 Å². The van der Waals surface area contributed by atoms with Crippen LogP contribution in [0.3, 0.4) is 0 Å². The number of methoxy groups -OCH3 is 1. The smallest absolute Gasteiger partial charge is 0.340 e. The minimum Gasteiger partial charge on any atom is -0.465 e. The van der Waals surface area contributed by atoms with E-state index in [4.69, 9.17) is 4.74 Å². The molecule has 24 heavy (non-hydrogen) atoms. The number of hydrogen-bond acceptors (Lipinski definition) is 3. The zero-order chi connectivity index (χ0) is 16.7. The topological polar surface area (TPSA) is 75.0 Å². The first-order valence-corrected chi connectivity index (χ1v) is 7.50. The summed E-state index contributed by atoms with van der Waals surface area (Å²) in [5.41, 5.74) is 3.81. The standard InChI is InChI=1S/C19H14N2O3/c1-24-19(23)12-10-14(11-6-3-2-4-7-11)21-18-16-13(20-17(12)18)8-5-9-15(16)22/h2-10,20-21H,1H3. The normalized spacial score (nSPS) is 11.0. The second-order valence-corrected chi connectivity index (χ2v) is 5.51. The lowest BCUT2D eigenvalue weighted by Gasteiger charge is -2.07. The van der Waals surface area contributed by atoms with Gasteiger partial charge in [0.15, 0.2) is 5.43 Å². The number of ether oxygens (including phenoxy) is 1. The fourth-order valence-corrected chi connectivity index (χ4v) is 2.97. The fraction of sp³-hybridized carbons (Fsp3) is 0.0526. The first-order chi connectivity index (χ1) is 11.7. The van der Waals surface area contributed by atoms with Crippen molar-refractivity contribution in [2.24, 2.45) is 0 Å². The van der Waals surface area contributed by atoms with Crippen molar-refractivity contribution in [2.45, 2.75) is 0 Å². The Morgan fingerprint density at radius 3 is 2.50 bits per heavy atom. The van der Waals surface area contributed by atoms with Crippen LogP contribution in [0.2, 0.25) is 0 Å². The molecule has 118 valence electrons. The number of hydrogen-bond donors (Lipinski definition) is 2. The maximum absolute atomic E-state index is 12.3. The maximum atomic E-state index is 12.3. The van der Waals surface area contributed by atoms with Gasteiger partial charge in [-0.05, 0) is 23.8 Å². The van der Waals surface area contributed by atoms with Crippen molar-refractivity contribution in [3.63, 3.8) is 0 Å². The van der Waals surface area contributed by atoms with E-state index >= 15 is 0 Å². The second kappa shape index (κ2) is 5.38. The van der Waals surface area contributed by atoms with Gasteiger partial charge in [0.2, 0.25) is 0 Å². The van der Waals surface area contributed by atoms with Gasteiger partial charge in [-0.2, -0.15) is 0 Å². The summed E-state index contributed by atoms with van der Waals surface area (Å²) in [6.45, 7) is 0. The van der Waals surface area contributed by atoms with Crippen molar-refractivity contribution < 1.29 is 9.53 Å². The second-order valence-electron chi connectivity index (χ2n) is 5.51. The molecule has 4 rings (SSSR count). The number of fused-ring (bicyclic) bond motifs is 3. The van der Waals surface area contributed by atoms with Gasteiger partial charge in [0, 0.05) is 5.69 Å². The van der Waals surface area contributed by atoms with Gasteiger partial charge < -0.3 is 14.7 Å². The average Bonchev–Trinajstić information content (AvgIpc) is 3.00. The predicted octanol–water partition coefficient (Wildman–Crippen LogP) is 3.46. The molecule has 0 fully saturated rings. The molecule has 2 aromatic carbocycles. The molecular weight excluding hydrogens is 304 g/mol. The number of aromatic amines is 2. The van der Waals surface area contributed by atoms with E-state index in [2.05, 4.69) is 9.97 Å². The van der Waals surface area contributed by atoms with E-state index in [9.17, 15) is 9.59 Å². The molecule has 2 heterocycles. The Bertz CT molecular complexity index is 1120. The van der Waals surface area contributed by atoms with Crippen molar-refractivity contribution >= 4 is 27.9 Å². The quantitative estimate of drug-likeness (QED) is 0.556. The van der Waals surface area contributed by atoms with Crippen LogP contribution in [0.5, 0.6) is 0 Å². The third-order valence-corrected chi connectivity index (χ3v) is 4.09. The Morgan fingerprint density at radius 2 is 1.75 bits per heavy atom. The molecule has 0 saturated carbocycles. The summed E-state index contributed by atoms with van der Waals surface area (Å²) in [5, 5.41) is 0.537. The predicted molar refractivity (Wildman–Crippen MR) is 93.2 cm³/mol. The highest BCUT2D eigenvalue weighted by molar-refractivity contribution is 6.12. The highest BCUT2D eigenvalue weighted by atomic mass is 16.5. The minimum atomic E-state index is -0.454. The zero-order valence-corrected chi connectivity index (χ0v) is 12.9. The van der Waals surface area contributed by atoms with Crippen LogP contribution >= 0.6 is 0 Å². The fourth-order valence-electron chi connectivity index (χ4n) is 2.97. The van der Waals surface area contributed by atoms with Crippen molar-refractivity contribution in [3.8, 4) is 11.3 Å². The lowest BCUT2D eigenvalue weighted by Crippen LogP contribution is -2.04. The summed E-state index contributed by atoms with van der Waals surface area (Å²) >= 11 is 0. The summed E-state index contributed by atoms with van der Waals surface area (Å²) in [7, 11) is 1.34. The van der Waals surface area contributed by atoms with Crippen molar-refractivity contribution in [1.82, 2.24) is 9.97 Å². The number of benzene rings is 2. The van der Waals surface area contributed by atoms with Gasteiger partial charge in [-0.3, -0.25) is 4.79 Å². The molecule has 0 aliphatic carbocycles. The van der Waals surface area contributed by atoms with E-state index in [1.165, 1.54) is 13.2 Å². The number of aromatic nitrogens is 2. The molecule has 5 heteroatoms. The molecule has 4 aromatic rings. The minimum absolute atomic E-state index is 0.101. The van der Waals surface area contributed by atoms with E-state index in [-0.39, 0.29) is 5.43 Å². The number of nitrogens with one attached hydrogen (secondary N) is 2. The van der Waals surface area contributed by atoms with Crippen LogP contribution < -0.4 is 5.43 Å². The van der Waals surface area contributed by atoms with Crippen molar-refractivity contribution in [3.05, 3.63) is 70.4 Å². The first-order valence-electron chi connectivity index (χ1n) is 7.50. The Morgan fingerprint density at radius 1 is 0.958 bits per heavy atom. The van der Waals surface area contributed by atoms with Crippen LogP contribution in [-0.4, -0.2) is 23.0 Å². The van der Waals surface area contributed by atoms with Crippen LogP contribution in [-0.2, 0) is 4.74 Å². The van der Waals surface area contributed by atoms with Gasteiger partial charge in [-0.1, -0.05) is 36.4 Å². The highest BCUT2D eigenvalue weighted by Gasteiger charge is 2.18. The summed E-state index contributed by atoms with van der Waals surface area (Å²) in [5.74, 6) is -0.454. The van der Waals surface area contributed by atoms with Crippen molar-refractivity contribution in [2.75, 3.05) is 7.11 Å². The Hall–Kier alpha value is -3.34. The maximum Gasteiger partial charge on any atom is 0.340 e. The van der Waals surface area contributed by atoms with Crippen LogP contribution in [0.4, 0.5) is 0 Å². The third-order valence-electron chi connectivity index (χ3n) is 4.09. The van der Waals surface area contributed by atoms with Gasteiger partial charge in [0.1, 0.15) is 0 Å². The van der Waals surface area contributed by atoms with E-state index in [1.807, 2.05) is 36.4 Å². The molecule has 5 nitrogen and oxygen atoms in total. The Balaban J connectivity index is 2.15. The zero-order valence-electron chi connectivity index (χ0n) is 12.9. The molecular formula is C19H14N2O3. The molecule has 0 aliphatic heterocycles.